The third-order valence-corrected chi connectivity index (χ3v) is 4.06. The summed E-state index contributed by atoms with van der Waals surface area (Å²) in [7, 11) is 0. The van der Waals surface area contributed by atoms with Crippen molar-refractivity contribution in [1.29, 1.82) is 0 Å². The number of piperidine rings is 1. The van der Waals surface area contributed by atoms with Gasteiger partial charge in [0.05, 0.1) is 22.3 Å². The highest BCUT2D eigenvalue weighted by molar-refractivity contribution is 6.31. The zero-order valence-electron chi connectivity index (χ0n) is 11.7. The van der Waals surface area contributed by atoms with Crippen molar-refractivity contribution in [1.82, 2.24) is 4.90 Å². The molecular formula is C14H15ClN2O5. The number of rotatable bonds is 4. The minimum atomic E-state index is -0.897. The van der Waals surface area contributed by atoms with Gasteiger partial charge in [0.2, 0.25) is 5.91 Å². The first-order valence-electron chi connectivity index (χ1n) is 6.82. The Bertz CT molecular complexity index is 619. The third-order valence-electron chi connectivity index (χ3n) is 3.71. The SMILES string of the molecule is O=C(O)[C@H]1CCCN(C(=O)Cc2ccc([N+](=O)[O-])cc2Cl)C1. The molecule has 1 fully saturated rings. The zero-order valence-corrected chi connectivity index (χ0v) is 12.5. The van der Waals surface area contributed by atoms with Crippen LogP contribution in [0.25, 0.3) is 0 Å². The molecule has 0 bridgehead atoms. The van der Waals surface area contributed by atoms with Crippen molar-refractivity contribution in [2.75, 3.05) is 13.1 Å². The molecule has 1 saturated heterocycles. The third kappa shape index (κ3) is 3.73. The van der Waals surface area contributed by atoms with Gasteiger partial charge < -0.3 is 10.0 Å². The predicted molar refractivity (Wildman–Crippen MR) is 78.8 cm³/mol. The molecule has 0 aromatic heterocycles. The van der Waals surface area contributed by atoms with Crippen molar-refractivity contribution < 1.29 is 19.6 Å². The molecule has 8 heteroatoms. The van der Waals surface area contributed by atoms with Gasteiger partial charge in [0.15, 0.2) is 0 Å². The molecular weight excluding hydrogens is 312 g/mol. The number of carboxylic acid groups (broad SMARTS) is 1. The number of hydrogen-bond acceptors (Lipinski definition) is 4. The van der Waals surface area contributed by atoms with Gasteiger partial charge in [0.25, 0.3) is 5.69 Å². The van der Waals surface area contributed by atoms with E-state index < -0.39 is 16.8 Å². The van der Waals surface area contributed by atoms with E-state index in [9.17, 15) is 19.7 Å². The van der Waals surface area contributed by atoms with Crippen molar-refractivity contribution in [3.05, 3.63) is 38.9 Å². The molecule has 0 radical (unpaired) electrons. The van der Waals surface area contributed by atoms with E-state index in [2.05, 4.69) is 0 Å². The molecule has 1 aromatic carbocycles. The lowest BCUT2D eigenvalue weighted by Crippen LogP contribution is -2.43. The van der Waals surface area contributed by atoms with Gasteiger partial charge in [-0.15, -0.1) is 0 Å². The summed E-state index contributed by atoms with van der Waals surface area (Å²) in [5.41, 5.74) is 0.361. The number of aliphatic carboxylic acids is 1. The number of nitro groups is 1. The summed E-state index contributed by atoms with van der Waals surface area (Å²) in [6.45, 7) is 0.714. The first-order valence-corrected chi connectivity index (χ1v) is 7.19. The van der Waals surface area contributed by atoms with E-state index in [-0.39, 0.29) is 29.6 Å². The Hall–Kier alpha value is -2.15. The van der Waals surface area contributed by atoms with Gasteiger partial charge in [0, 0.05) is 25.2 Å². The van der Waals surface area contributed by atoms with Crippen LogP contribution in [0.15, 0.2) is 18.2 Å². The number of hydrogen-bond donors (Lipinski definition) is 1. The van der Waals surface area contributed by atoms with Crippen LogP contribution in [-0.4, -0.2) is 39.9 Å². The Balaban J connectivity index is 2.05. The number of benzene rings is 1. The Morgan fingerprint density at radius 3 is 2.77 bits per heavy atom. The number of halogens is 1. The monoisotopic (exact) mass is 326 g/mol. The summed E-state index contributed by atoms with van der Waals surface area (Å²) in [4.78, 5) is 34.9. The molecule has 0 aliphatic carbocycles. The van der Waals surface area contributed by atoms with Crippen LogP contribution in [0.5, 0.6) is 0 Å². The van der Waals surface area contributed by atoms with Gasteiger partial charge in [-0.2, -0.15) is 0 Å². The van der Waals surface area contributed by atoms with Crippen LogP contribution in [0.2, 0.25) is 5.02 Å². The number of amides is 1. The normalized spacial score (nSPS) is 18.0. The first-order chi connectivity index (χ1) is 10.4. The summed E-state index contributed by atoms with van der Waals surface area (Å²) in [5.74, 6) is -1.65. The highest BCUT2D eigenvalue weighted by atomic mass is 35.5. The van der Waals surface area contributed by atoms with E-state index in [1.165, 1.54) is 23.1 Å². The zero-order chi connectivity index (χ0) is 16.3. The van der Waals surface area contributed by atoms with Gasteiger partial charge in [-0.1, -0.05) is 17.7 Å². The minimum absolute atomic E-state index is 0.00314. The van der Waals surface area contributed by atoms with E-state index in [0.29, 0.717) is 24.9 Å². The lowest BCUT2D eigenvalue weighted by molar-refractivity contribution is -0.384. The maximum Gasteiger partial charge on any atom is 0.308 e. The summed E-state index contributed by atoms with van der Waals surface area (Å²) in [6, 6.07) is 3.96. The van der Waals surface area contributed by atoms with Crippen molar-refractivity contribution in [3.63, 3.8) is 0 Å². The number of likely N-dealkylation sites (tertiary alicyclic amines) is 1. The molecule has 22 heavy (non-hydrogen) atoms. The van der Waals surface area contributed by atoms with Crippen LogP contribution in [0, 0.1) is 16.0 Å². The average molecular weight is 327 g/mol. The fourth-order valence-corrected chi connectivity index (χ4v) is 2.71. The number of carbonyl (C=O) groups excluding carboxylic acids is 1. The van der Waals surface area contributed by atoms with Crippen LogP contribution in [-0.2, 0) is 16.0 Å². The number of nitro benzene ring substituents is 1. The molecule has 1 aliphatic heterocycles. The summed E-state index contributed by atoms with van der Waals surface area (Å²) in [5, 5.41) is 19.8. The molecule has 118 valence electrons. The highest BCUT2D eigenvalue weighted by Crippen LogP contribution is 2.24. The Morgan fingerprint density at radius 2 is 2.18 bits per heavy atom. The second-order valence-corrected chi connectivity index (χ2v) is 5.63. The van der Waals surface area contributed by atoms with Gasteiger partial charge in [-0.3, -0.25) is 19.7 Å². The van der Waals surface area contributed by atoms with E-state index >= 15 is 0 Å². The van der Waals surface area contributed by atoms with Crippen LogP contribution in [0.1, 0.15) is 18.4 Å². The fraction of sp³-hybridized carbons (Fsp3) is 0.429. The van der Waals surface area contributed by atoms with Crippen LogP contribution < -0.4 is 0 Å². The van der Waals surface area contributed by atoms with Crippen molar-refractivity contribution in [3.8, 4) is 0 Å². The van der Waals surface area contributed by atoms with Crippen LogP contribution in [0.4, 0.5) is 5.69 Å². The Labute approximate surface area is 131 Å². The second kappa shape index (κ2) is 6.74. The summed E-state index contributed by atoms with van der Waals surface area (Å²) in [6.07, 6.45) is 1.22. The fourth-order valence-electron chi connectivity index (χ4n) is 2.47. The molecule has 1 aliphatic rings. The molecule has 0 spiro atoms. The van der Waals surface area contributed by atoms with Gasteiger partial charge in [-0.25, -0.2) is 0 Å². The maximum absolute atomic E-state index is 12.2. The predicted octanol–water partition coefficient (Wildman–Crippen LogP) is 2.11. The molecule has 1 amide bonds. The minimum Gasteiger partial charge on any atom is -0.481 e. The van der Waals surface area contributed by atoms with E-state index in [1.54, 1.807) is 0 Å². The molecule has 0 saturated carbocycles. The van der Waals surface area contributed by atoms with Crippen molar-refractivity contribution in [2.24, 2.45) is 5.92 Å². The summed E-state index contributed by atoms with van der Waals surface area (Å²) < 4.78 is 0. The highest BCUT2D eigenvalue weighted by Gasteiger charge is 2.28. The van der Waals surface area contributed by atoms with Crippen molar-refractivity contribution >= 4 is 29.2 Å². The number of non-ortho nitro benzene ring substituents is 1. The smallest absolute Gasteiger partial charge is 0.308 e. The number of nitrogens with zero attached hydrogens (tertiary/aromatic N) is 2. The average Bonchev–Trinajstić information content (AvgIpc) is 2.49. The lowest BCUT2D eigenvalue weighted by Gasteiger charge is -2.30. The van der Waals surface area contributed by atoms with Gasteiger partial charge in [0.1, 0.15) is 0 Å². The second-order valence-electron chi connectivity index (χ2n) is 5.23. The van der Waals surface area contributed by atoms with Gasteiger partial charge >= 0.3 is 5.97 Å². The first kappa shape index (κ1) is 16.2. The quantitative estimate of drug-likeness (QED) is 0.674. The largest absolute Gasteiger partial charge is 0.481 e. The molecule has 7 nitrogen and oxygen atoms in total. The topological polar surface area (TPSA) is 101 Å². The molecule has 1 aromatic rings. The molecule has 2 rings (SSSR count). The molecule has 1 heterocycles. The van der Waals surface area contributed by atoms with Crippen molar-refractivity contribution in [2.45, 2.75) is 19.3 Å². The number of carboxylic acids is 1. The molecule has 1 atom stereocenters. The van der Waals surface area contributed by atoms with E-state index in [0.717, 1.165) is 0 Å². The summed E-state index contributed by atoms with van der Waals surface area (Å²) >= 11 is 5.97. The van der Waals surface area contributed by atoms with Crippen LogP contribution in [0.3, 0.4) is 0 Å². The Morgan fingerprint density at radius 1 is 1.45 bits per heavy atom. The lowest BCUT2D eigenvalue weighted by atomic mass is 9.97. The standard InChI is InChI=1S/C14H15ClN2O5/c15-12-7-11(17(21)22)4-3-9(12)6-13(18)16-5-1-2-10(8-16)14(19)20/h3-4,7,10H,1-2,5-6,8H2,(H,19,20)/t10-/m0/s1. The molecule has 0 unspecified atom stereocenters. The van der Waals surface area contributed by atoms with E-state index in [4.69, 9.17) is 16.7 Å². The van der Waals surface area contributed by atoms with E-state index in [1.807, 2.05) is 0 Å². The van der Waals surface area contributed by atoms with Crippen LogP contribution >= 0.6 is 11.6 Å². The number of carbonyl (C=O) groups is 2. The molecule has 1 N–H and O–H groups in total. The maximum atomic E-state index is 12.2. The Kier molecular flexibility index (Phi) is 4.97. The van der Waals surface area contributed by atoms with Gasteiger partial charge in [-0.05, 0) is 18.4 Å².